The normalized spacial score (nSPS) is 14.8. The van der Waals surface area contributed by atoms with Crippen molar-refractivity contribution in [3.63, 3.8) is 0 Å². The van der Waals surface area contributed by atoms with Gasteiger partial charge in [0.2, 0.25) is 0 Å². The zero-order valence-corrected chi connectivity index (χ0v) is 19.6. The van der Waals surface area contributed by atoms with Crippen LogP contribution in [0.3, 0.4) is 0 Å². The first kappa shape index (κ1) is 24.0. The summed E-state index contributed by atoms with van der Waals surface area (Å²) in [4.78, 5) is 38.6. The van der Waals surface area contributed by atoms with Gasteiger partial charge >= 0.3 is 0 Å². The molecule has 32 heavy (non-hydrogen) atoms. The van der Waals surface area contributed by atoms with Crippen LogP contribution < -0.4 is 14.8 Å². The molecule has 7 nitrogen and oxygen atoms in total. The van der Waals surface area contributed by atoms with Crippen molar-refractivity contribution >= 4 is 58.1 Å². The first-order chi connectivity index (χ1) is 15.3. The molecule has 0 aromatic heterocycles. The van der Waals surface area contributed by atoms with Crippen molar-refractivity contribution in [3.05, 3.63) is 62.5 Å². The summed E-state index contributed by atoms with van der Waals surface area (Å²) in [5, 5.41) is 2.88. The molecular weight excluding hydrogens is 475 g/mol. The fraction of sp³-hybridized carbons (Fsp3) is 0.227. The van der Waals surface area contributed by atoms with Gasteiger partial charge in [-0.1, -0.05) is 29.3 Å². The van der Waals surface area contributed by atoms with E-state index >= 15 is 0 Å². The largest absolute Gasteiger partial charge is 0.493 e. The molecule has 1 aliphatic rings. The van der Waals surface area contributed by atoms with Gasteiger partial charge in [0.15, 0.2) is 11.5 Å². The number of rotatable bonds is 8. The van der Waals surface area contributed by atoms with E-state index in [1.807, 2.05) is 6.92 Å². The molecule has 1 fully saturated rings. The number of nitrogens with one attached hydrogen (secondary N) is 1. The molecule has 0 saturated carbocycles. The molecule has 3 rings (SSSR count). The Labute approximate surface area is 199 Å². The Balaban J connectivity index is 1.63. The Kier molecular flexibility index (Phi) is 8.06. The van der Waals surface area contributed by atoms with E-state index in [9.17, 15) is 14.4 Å². The van der Waals surface area contributed by atoms with E-state index in [0.29, 0.717) is 34.3 Å². The lowest BCUT2D eigenvalue weighted by molar-refractivity contribution is -0.122. The highest BCUT2D eigenvalue weighted by Gasteiger charge is 2.34. The average Bonchev–Trinajstić information content (AvgIpc) is 3.04. The number of carbonyl (C=O) groups excluding carboxylic acids is 3. The molecule has 0 bridgehead atoms. The molecule has 10 heteroatoms. The maximum absolute atomic E-state index is 12.7. The second-order valence-corrected chi connectivity index (χ2v) is 8.37. The van der Waals surface area contributed by atoms with E-state index in [1.54, 1.807) is 24.3 Å². The summed E-state index contributed by atoms with van der Waals surface area (Å²) in [6.45, 7) is 2.51. The summed E-state index contributed by atoms with van der Waals surface area (Å²) in [6.07, 6.45) is 1.62. The van der Waals surface area contributed by atoms with Gasteiger partial charge in [-0.25, -0.2) is 0 Å². The number of ether oxygens (including phenoxy) is 2. The minimum absolute atomic E-state index is 0.0433. The van der Waals surface area contributed by atoms with E-state index in [1.165, 1.54) is 25.3 Å². The summed E-state index contributed by atoms with van der Waals surface area (Å²) in [5.41, 5.74) is 1.03. The maximum Gasteiger partial charge on any atom is 0.293 e. The maximum atomic E-state index is 12.7. The number of amides is 3. The number of halogens is 2. The molecule has 1 saturated heterocycles. The van der Waals surface area contributed by atoms with Crippen LogP contribution in [0.25, 0.3) is 6.08 Å². The molecule has 2 aromatic rings. The third kappa shape index (κ3) is 5.56. The van der Waals surface area contributed by atoms with Crippen LogP contribution in [0.4, 0.5) is 4.79 Å². The van der Waals surface area contributed by atoms with E-state index in [-0.39, 0.29) is 28.9 Å². The molecular formula is C22H20Cl2N2O5S. The molecule has 3 amide bonds. The molecule has 0 unspecified atom stereocenters. The lowest BCUT2D eigenvalue weighted by Crippen LogP contribution is -2.37. The summed E-state index contributed by atoms with van der Waals surface area (Å²) >= 11 is 12.6. The molecule has 0 aliphatic carbocycles. The zero-order valence-electron chi connectivity index (χ0n) is 17.3. The van der Waals surface area contributed by atoms with E-state index < -0.39 is 11.1 Å². The first-order valence-electron chi connectivity index (χ1n) is 9.63. The molecule has 1 aliphatic heterocycles. The van der Waals surface area contributed by atoms with Crippen LogP contribution in [-0.2, 0) is 4.79 Å². The van der Waals surface area contributed by atoms with Crippen LogP contribution >= 0.6 is 35.0 Å². The third-order valence-electron chi connectivity index (χ3n) is 4.46. The van der Waals surface area contributed by atoms with Crippen molar-refractivity contribution in [2.24, 2.45) is 0 Å². The highest BCUT2D eigenvalue weighted by Crippen LogP contribution is 2.34. The third-order valence-corrected chi connectivity index (χ3v) is 6.11. The molecule has 0 radical (unpaired) electrons. The number of hydrogen-bond donors (Lipinski definition) is 1. The predicted octanol–water partition coefficient (Wildman–Crippen LogP) is 4.87. The van der Waals surface area contributed by atoms with Crippen LogP contribution in [0, 0.1) is 0 Å². The van der Waals surface area contributed by atoms with Gasteiger partial charge in [0.05, 0.1) is 28.7 Å². The molecule has 1 heterocycles. The quantitative estimate of drug-likeness (QED) is 0.527. The van der Waals surface area contributed by atoms with Gasteiger partial charge in [-0.2, -0.15) is 0 Å². The molecule has 2 aromatic carbocycles. The van der Waals surface area contributed by atoms with Crippen molar-refractivity contribution in [3.8, 4) is 11.5 Å². The van der Waals surface area contributed by atoms with Gasteiger partial charge in [0.25, 0.3) is 17.1 Å². The molecule has 1 N–H and O–H groups in total. The van der Waals surface area contributed by atoms with Gasteiger partial charge in [-0.05, 0) is 60.7 Å². The summed E-state index contributed by atoms with van der Waals surface area (Å²) < 4.78 is 10.8. The van der Waals surface area contributed by atoms with Gasteiger partial charge in [0.1, 0.15) is 0 Å². The van der Waals surface area contributed by atoms with E-state index in [0.717, 1.165) is 16.7 Å². The monoisotopic (exact) mass is 494 g/mol. The Hall–Kier alpha value is -2.68. The summed E-state index contributed by atoms with van der Waals surface area (Å²) in [7, 11) is 1.53. The topological polar surface area (TPSA) is 84.9 Å². The van der Waals surface area contributed by atoms with Crippen molar-refractivity contribution in [1.82, 2.24) is 10.2 Å². The van der Waals surface area contributed by atoms with E-state index in [2.05, 4.69) is 5.32 Å². The molecule has 168 valence electrons. The minimum atomic E-state index is -0.420. The van der Waals surface area contributed by atoms with Crippen molar-refractivity contribution in [2.75, 3.05) is 26.8 Å². The molecule has 0 spiro atoms. The van der Waals surface area contributed by atoms with Gasteiger partial charge in [-0.3, -0.25) is 19.3 Å². The Morgan fingerprint density at radius 3 is 2.59 bits per heavy atom. The number of imide groups is 1. The Morgan fingerprint density at radius 2 is 1.91 bits per heavy atom. The smallest absolute Gasteiger partial charge is 0.293 e. The minimum Gasteiger partial charge on any atom is -0.493 e. The Bertz CT molecular complexity index is 1090. The average molecular weight is 495 g/mol. The summed E-state index contributed by atoms with van der Waals surface area (Å²) in [5.74, 6) is 0.326. The van der Waals surface area contributed by atoms with Crippen LogP contribution in [0.2, 0.25) is 10.0 Å². The predicted molar refractivity (Wildman–Crippen MR) is 126 cm³/mol. The number of thioether (sulfide) groups is 1. The lowest BCUT2D eigenvalue weighted by atomic mass is 10.2. The van der Waals surface area contributed by atoms with Gasteiger partial charge in [-0.15, -0.1) is 0 Å². The van der Waals surface area contributed by atoms with Crippen molar-refractivity contribution < 1.29 is 23.9 Å². The number of nitrogens with zero attached hydrogens (tertiary/aromatic N) is 1. The fourth-order valence-electron chi connectivity index (χ4n) is 2.91. The summed E-state index contributed by atoms with van der Waals surface area (Å²) in [6, 6.07) is 9.77. The number of hydrogen-bond acceptors (Lipinski definition) is 6. The Morgan fingerprint density at radius 1 is 1.12 bits per heavy atom. The second-order valence-electron chi connectivity index (χ2n) is 6.56. The fourth-order valence-corrected chi connectivity index (χ4v) is 4.08. The number of benzene rings is 2. The highest BCUT2D eigenvalue weighted by atomic mass is 35.5. The molecule has 0 atom stereocenters. The highest BCUT2D eigenvalue weighted by molar-refractivity contribution is 8.18. The first-order valence-corrected chi connectivity index (χ1v) is 11.2. The van der Waals surface area contributed by atoms with Crippen molar-refractivity contribution in [2.45, 2.75) is 6.92 Å². The SMILES string of the molecule is CCOc1ccc(C=C2SC(=O)N(CCNC(=O)c3ccc(Cl)c(Cl)c3)C2=O)cc1OC. The zero-order chi connectivity index (χ0) is 23.3. The van der Waals surface area contributed by atoms with Gasteiger partial charge in [0, 0.05) is 18.7 Å². The van der Waals surface area contributed by atoms with Gasteiger partial charge < -0.3 is 14.8 Å². The second kappa shape index (κ2) is 10.8. The standard InChI is InChI=1S/C22H20Cl2N2O5S/c1-3-31-17-7-4-13(10-18(17)30-2)11-19-21(28)26(22(29)32-19)9-8-25-20(27)14-5-6-15(23)16(24)12-14/h4-7,10-12H,3,8-9H2,1-2H3,(H,25,27). The van der Waals surface area contributed by atoms with Crippen LogP contribution in [0.5, 0.6) is 11.5 Å². The van der Waals surface area contributed by atoms with Crippen LogP contribution in [-0.4, -0.2) is 48.8 Å². The lowest BCUT2D eigenvalue weighted by Gasteiger charge is -2.13. The van der Waals surface area contributed by atoms with E-state index in [4.69, 9.17) is 32.7 Å². The van der Waals surface area contributed by atoms with Crippen LogP contribution in [0.1, 0.15) is 22.8 Å². The number of carbonyl (C=O) groups is 3. The van der Waals surface area contributed by atoms with Crippen molar-refractivity contribution in [1.29, 1.82) is 0 Å². The van der Waals surface area contributed by atoms with Crippen LogP contribution in [0.15, 0.2) is 41.3 Å². The number of methoxy groups -OCH3 is 1.